The zero-order valence-corrected chi connectivity index (χ0v) is 68.3. The lowest BCUT2D eigenvalue weighted by atomic mass is 9.93. The lowest BCUT2D eigenvalue weighted by molar-refractivity contribution is -0.659. The normalized spacial score (nSPS) is 11.6. The van der Waals surface area contributed by atoms with Gasteiger partial charge in [0, 0.05) is 67.3 Å². The summed E-state index contributed by atoms with van der Waals surface area (Å²) < 4.78 is 28.3. The minimum Gasteiger partial charge on any atom is -0.200 e. The Morgan fingerprint density at radius 1 is 0.299 bits per heavy atom. The summed E-state index contributed by atoms with van der Waals surface area (Å²) in [6.45, 7) is 41.2. The fourth-order valence-electron chi connectivity index (χ4n) is 15.7. The van der Waals surface area contributed by atoms with Crippen molar-refractivity contribution in [3.8, 4) is 56.3 Å². The number of fused-ring (bicyclic) bond motifs is 5. The van der Waals surface area contributed by atoms with Crippen LogP contribution in [0.5, 0.6) is 0 Å². The minimum atomic E-state index is -1.36. The first-order valence-corrected chi connectivity index (χ1v) is 38.1. The Morgan fingerprint density at radius 3 is 1.21 bits per heavy atom. The molecule has 0 atom stereocenters. The molecule has 5 heterocycles. The maximum absolute atomic E-state index is 8.54. The number of aryl methyl sites for hydroxylation is 16. The van der Waals surface area contributed by atoms with E-state index in [1.165, 1.54) is 183 Å². The van der Waals surface area contributed by atoms with Gasteiger partial charge in [-0.2, -0.15) is 9.13 Å². The molecule has 15 rings (SSSR count). The Labute approximate surface area is 642 Å². The Bertz CT molecular complexity index is 5970. The highest BCUT2D eigenvalue weighted by atomic mass is 15.0. The van der Waals surface area contributed by atoms with Crippen LogP contribution in [-0.4, -0.2) is 0 Å². The van der Waals surface area contributed by atoms with E-state index in [1.54, 1.807) is 0 Å². The van der Waals surface area contributed by atoms with Gasteiger partial charge in [0.1, 0.15) is 35.2 Å². The lowest BCUT2D eigenvalue weighted by Crippen LogP contribution is -2.32. The average molecular weight is 1410 g/mol. The number of hydrogen-bond acceptors (Lipinski definition) is 0. The molecular formula is C102H114N5+5. The van der Waals surface area contributed by atoms with E-state index in [2.05, 4.69) is 395 Å². The van der Waals surface area contributed by atoms with Crippen LogP contribution in [0, 0.1) is 110 Å². The van der Waals surface area contributed by atoms with Gasteiger partial charge < -0.3 is 0 Å². The fourth-order valence-corrected chi connectivity index (χ4v) is 15.7. The van der Waals surface area contributed by atoms with Crippen LogP contribution in [0.3, 0.4) is 0 Å². The standard InChI is InChI=1S/C23H28N.C22H26N.C21H24N.C19H20N.C17H16N/c1-15(2)12-19-8-7-9-22-20(19)10-11-23(24(22)6)21-14-16(3)13-17(4)18(21)5;1-14(2)18-7-8-20-19(13-18)9-10-23(6)22(20)21-12-15(3)11-16(4)17(21)5;1-13-10-15(3)17(5)18(11-13)20-12-16(4)21-14(2)8-7-9-19(21)22(20)6;1-13-11-14(2)15(3)18(12-13)19-17-8-6-5-7-16(17)9-10-20(19)4;1-13-7-3-5-9-15(13)17-16-10-6-4-8-14(16)11-12-18(17)2/h7-11,13-15H,12H2,1-6H3;7-14H,1-6H3;7-12H,1-6H3;5-12H,1-4H3;3-12H,1-2H3/q5*+1/i12D2;;;;. The molecule has 107 heavy (non-hydrogen) atoms. The van der Waals surface area contributed by atoms with Crippen molar-refractivity contribution in [2.75, 3.05) is 0 Å². The van der Waals surface area contributed by atoms with E-state index in [4.69, 9.17) is 2.74 Å². The first kappa shape index (κ1) is 74.5. The molecule has 0 radical (unpaired) electrons. The summed E-state index contributed by atoms with van der Waals surface area (Å²) in [5.41, 5.74) is 37.4. The van der Waals surface area contributed by atoms with Gasteiger partial charge in [0.15, 0.2) is 18.6 Å². The van der Waals surface area contributed by atoms with Crippen molar-refractivity contribution >= 4 is 54.1 Å². The lowest BCUT2D eigenvalue weighted by Gasteiger charge is -2.12. The van der Waals surface area contributed by atoms with E-state index >= 15 is 0 Å². The molecule has 5 nitrogen and oxygen atoms in total. The van der Waals surface area contributed by atoms with Crippen molar-refractivity contribution in [1.82, 2.24) is 0 Å². The molecule has 0 spiro atoms. The molecule has 5 heteroatoms. The zero-order chi connectivity index (χ0) is 78.8. The maximum atomic E-state index is 8.54. The van der Waals surface area contributed by atoms with Crippen LogP contribution in [0.2, 0.25) is 0 Å². The monoisotopic (exact) mass is 1410 g/mol. The predicted molar refractivity (Wildman–Crippen MR) is 456 cm³/mol. The topological polar surface area (TPSA) is 19.4 Å². The van der Waals surface area contributed by atoms with Crippen LogP contribution in [0.4, 0.5) is 0 Å². The average Bonchev–Trinajstić information content (AvgIpc) is 0.778. The molecule has 15 aromatic rings. The fraction of sp³-hybridized carbons (Fsp3) is 0.265. The number of aromatic nitrogens is 5. The van der Waals surface area contributed by atoms with E-state index in [1.807, 2.05) is 26.0 Å². The van der Waals surface area contributed by atoms with Gasteiger partial charge in [-0.05, 0) is 265 Å². The summed E-state index contributed by atoms with van der Waals surface area (Å²) in [5, 5.41) is 10.2. The summed E-state index contributed by atoms with van der Waals surface area (Å²) in [4.78, 5) is 0. The molecule has 0 bridgehead atoms. The summed E-state index contributed by atoms with van der Waals surface area (Å²) in [5.74, 6) is 0.472. The van der Waals surface area contributed by atoms with Gasteiger partial charge in [0.05, 0.1) is 32.7 Å². The van der Waals surface area contributed by atoms with E-state index < -0.39 is 6.37 Å². The molecule has 0 aliphatic rings. The molecule has 0 amide bonds. The van der Waals surface area contributed by atoms with Crippen LogP contribution in [0.25, 0.3) is 110 Å². The quantitative estimate of drug-likeness (QED) is 0.135. The second kappa shape index (κ2) is 32.9. The van der Waals surface area contributed by atoms with Gasteiger partial charge in [-0.25, -0.2) is 13.7 Å². The third kappa shape index (κ3) is 16.6. The Hall–Kier alpha value is -10.8. The second-order valence-electron chi connectivity index (χ2n) is 30.9. The predicted octanol–water partition coefficient (Wildman–Crippen LogP) is 23.6. The van der Waals surface area contributed by atoms with Gasteiger partial charge in [-0.1, -0.05) is 165 Å². The number of benzene rings is 10. The van der Waals surface area contributed by atoms with Crippen molar-refractivity contribution in [3.05, 3.63) is 325 Å². The van der Waals surface area contributed by atoms with Gasteiger partial charge in [0.25, 0.3) is 0 Å². The van der Waals surface area contributed by atoms with Crippen molar-refractivity contribution in [3.63, 3.8) is 0 Å². The molecule has 0 unspecified atom stereocenters. The highest BCUT2D eigenvalue weighted by Crippen LogP contribution is 2.36. The van der Waals surface area contributed by atoms with Crippen molar-refractivity contribution in [2.24, 2.45) is 41.2 Å². The Morgan fingerprint density at radius 2 is 0.701 bits per heavy atom. The molecule has 0 saturated heterocycles. The van der Waals surface area contributed by atoms with E-state index in [0.29, 0.717) is 5.92 Å². The highest BCUT2D eigenvalue weighted by Gasteiger charge is 2.25. The summed E-state index contributed by atoms with van der Waals surface area (Å²) in [6, 6.07) is 76.4. The first-order valence-electron chi connectivity index (χ1n) is 39.1. The molecule has 0 saturated carbocycles. The summed E-state index contributed by atoms with van der Waals surface area (Å²) in [6.07, 6.45) is 5.10. The second-order valence-corrected chi connectivity index (χ2v) is 30.9. The smallest absolute Gasteiger partial charge is 0.200 e. The summed E-state index contributed by atoms with van der Waals surface area (Å²) in [7, 11) is 10.6. The first-order chi connectivity index (χ1) is 51.8. The molecule has 0 aliphatic carbocycles. The molecule has 0 aliphatic heterocycles. The summed E-state index contributed by atoms with van der Waals surface area (Å²) >= 11 is 0. The van der Waals surface area contributed by atoms with Gasteiger partial charge in [-0.15, -0.1) is 0 Å². The Balaban J connectivity index is 0.000000136. The number of nitrogens with zero attached hydrogens (tertiary/aromatic N) is 5. The number of rotatable bonds is 8. The van der Waals surface area contributed by atoms with Crippen LogP contribution in [0.15, 0.2) is 231 Å². The molecule has 0 fully saturated rings. The molecule has 0 N–H and O–H groups in total. The molecule has 542 valence electrons. The number of pyridine rings is 5. The third-order valence-corrected chi connectivity index (χ3v) is 22.0. The van der Waals surface area contributed by atoms with E-state index in [-0.39, 0.29) is 5.92 Å². The molecular weight excluding hydrogens is 1300 g/mol. The molecule has 5 aromatic heterocycles. The molecule has 10 aromatic carbocycles. The van der Waals surface area contributed by atoms with E-state index in [0.717, 1.165) is 22.2 Å². The van der Waals surface area contributed by atoms with E-state index in [9.17, 15) is 0 Å². The van der Waals surface area contributed by atoms with Gasteiger partial charge in [0.2, 0.25) is 39.5 Å². The maximum Gasteiger partial charge on any atom is 0.220 e. The van der Waals surface area contributed by atoms with Crippen LogP contribution in [-0.2, 0) is 41.6 Å². The van der Waals surface area contributed by atoms with Crippen molar-refractivity contribution in [1.29, 1.82) is 0 Å². The number of hydrogen-bond donors (Lipinski definition) is 0. The minimum absolute atomic E-state index is 0.0836. The zero-order valence-electron chi connectivity index (χ0n) is 70.3. The van der Waals surface area contributed by atoms with Crippen LogP contribution >= 0.6 is 0 Å². The Kier molecular flexibility index (Phi) is 22.9. The highest BCUT2D eigenvalue weighted by molar-refractivity contribution is 5.96. The van der Waals surface area contributed by atoms with Crippen LogP contribution < -0.4 is 22.8 Å². The van der Waals surface area contributed by atoms with Crippen LogP contribution in [0.1, 0.15) is 131 Å². The largest absolute Gasteiger partial charge is 0.220 e. The third-order valence-electron chi connectivity index (χ3n) is 22.0. The SMILES string of the molecule is Cc1cc(C)c(C)c(-c2c3ccc(C(C)C)cc3cc[n+]2C)c1.Cc1cc(C)c(C)c(-c2c3ccccc3cc[n+]2C)c1.Cc1cc(C)c(C)c(-c2cc(C)c3c(C)cccc3[n+]2C)c1.Cc1ccccc1-c1c2ccccc2cc[n+]1C.[2H]C([2H])(c1cccc2c1ccc(-c1cc(C)cc(C)c1C)[n+]2C)C(C)C. The van der Waals surface area contributed by atoms with Crippen molar-refractivity contribution in [2.45, 2.75) is 144 Å². The van der Waals surface area contributed by atoms with Gasteiger partial charge >= 0.3 is 0 Å². The van der Waals surface area contributed by atoms with Crippen molar-refractivity contribution < 1.29 is 25.6 Å². The van der Waals surface area contributed by atoms with Gasteiger partial charge in [-0.3, -0.25) is 0 Å².